The van der Waals surface area contributed by atoms with Gasteiger partial charge < -0.3 is 42.7 Å². The first-order valence-corrected chi connectivity index (χ1v) is 14.0. The molecule has 39 heavy (non-hydrogen) atoms. The molecule has 0 aliphatic heterocycles. The van der Waals surface area contributed by atoms with Crippen molar-refractivity contribution in [1.82, 2.24) is 16.0 Å². The summed E-state index contributed by atoms with van der Waals surface area (Å²) >= 11 is 1.53. The number of unbranched alkanes of at least 4 members (excludes halogenated alkanes) is 1. The first-order valence-electron chi connectivity index (χ1n) is 12.6. The highest BCUT2D eigenvalue weighted by molar-refractivity contribution is 7.98. The van der Waals surface area contributed by atoms with Crippen LogP contribution in [0.3, 0.4) is 0 Å². The third-order valence-corrected chi connectivity index (χ3v) is 6.46. The minimum Gasteiger partial charge on any atom is -0.508 e. The number of nitrogens with one attached hydrogen (secondary N) is 3. The van der Waals surface area contributed by atoms with Gasteiger partial charge in [-0.15, -0.1) is 0 Å². The van der Waals surface area contributed by atoms with Crippen LogP contribution in [-0.4, -0.2) is 87.7 Å². The number of carbonyl (C=O) groups excluding carboxylic acids is 3. The maximum atomic E-state index is 13.3. The van der Waals surface area contributed by atoms with Crippen molar-refractivity contribution in [3.63, 3.8) is 0 Å². The first-order chi connectivity index (χ1) is 18.5. The number of carboxylic acids is 2. The van der Waals surface area contributed by atoms with Gasteiger partial charge in [0.05, 0.1) is 6.04 Å². The van der Waals surface area contributed by atoms with Crippen LogP contribution in [0.1, 0.15) is 44.1 Å². The fourth-order valence-corrected chi connectivity index (χ4v) is 4.05. The second-order valence-electron chi connectivity index (χ2n) is 9.00. The van der Waals surface area contributed by atoms with Crippen molar-refractivity contribution in [2.24, 2.45) is 11.5 Å². The highest BCUT2D eigenvalue weighted by Crippen LogP contribution is 2.13. The van der Waals surface area contributed by atoms with E-state index in [0.717, 1.165) is 0 Å². The Morgan fingerprint density at radius 3 is 2.00 bits per heavy atom. The largest absolute Gasteiger partial charge is 0.508 e. The molecule has 0 saturated carbocycles. The van der Waals surface area contributed by atoms with Crippen LogP contribution in [0.5, 0.6) is 5.75 Å². The van der Waals surface area contributed by atoms with Crippen LogP contribution in [0.25, 0.3) is 0 Å². The van der Waals surface area contributed by atoms with Gasteiger partial charge in [0.25, 0.3) is 0 Å². The zero-order valence-corrected chi connectivity index (χ0v) is 22.7. The van der Waals surface area contributed by atoms with Crippen LogP contribution in [-0.2, 0) is 30.4 Å². The Hall–Kier alpha value is -3.36. The molecular formula is C25H39N5O8S. The van der Waals surface area contributed by atoms with Gasteiger partial charge in [0, 0.05) is 12.8 Å². The lowest BCUT2D eigenvalue weighted by atomic mass is 10.0. The highest BCUT2D eigenvalue weighted by atomic mass is 32.2. The summed E-state index contributed by atoms with van der Waals surface area (Å²) in [5.74, 6) is -4.05. The Labute approximate surface area is 231 Å². The molecule has 0 aliphatic rings. The number of carboxylic acid groups (broad SMARTS) is 2. The van der Waals surface area contributed by atoms with Crippen LogP contribution in [0.4, 0.5) is 0 Å². The lowest BCUT2D eigenvalue weighted by Gasteiger charge is -2.25. The van der Waals surface area contributed by atoms with Crippen molar-refractivity contribution in [1.29, 1.82) is 0 Å². The molecule has 0 spiro atoms. The van der Waals surface area contributed by atoms with E-state index in [0.29, 0.717) is 37.1 Å². The van der Waals surface area contributed by atoms with Gasteiger partial charge in [-0.05, 0) is 68.4 Å². The van der Waals surface area contributed by atoms with E-state index in [1.54, 1.807) is 0 Å². The highest BCUT2D eigenvalue weighted by Gasteiger charge is 2.30. The fraction of sp³-hybridized carbons (Fsp3) is 0.560. The van der Waals surface area contributed by atoms with E-state index in [1.807, 2.05) is 6.26 Å². The molecule has 0 heterocycles. The summed E-state index contributed by atoms with van der Waals surface area (Å²) in [6.07, 6.45) is 2.71. The molecule has 10 N–H and O–H groups in total. The zero-order chi connectivity index (χ0) is 29.4. The predicted octanol–water partition coefficient (Wildman–Crippen LogP) is -0.452. The van der Waals surface area contributed by atoms with Crippen LogP contribution < -0.4 is 27.4 Å². The molecule has 0 radical (unpaired) electrons. The lowest BCUT2D eigenvalue weighted by molar-refractivity contribution is -0.143. The summed E-state index contributed by atoms with van der Waals surface area (Å²) < 4.78 is 0. The number of aromatic hydroxyl groups is 1. The van der Waals surface area contributed by atoms with Gasteiger partial charge in [-0.25, -0.2) is 4.79 Å². The minimum atomic E-state index is -1.50. The Bertz CT molecular complexity index is 962. The molecule has 218 valence electrons. The van der Waals surface area contributed by atoms with Crippen molar-refractivity contribution >= 4 is 41.4 Å². The SMILES string of the molecule is CSCCC(N)C(=O)NC(CCCCN)C(=O)NC(Cc1ccc(O)cc1)C(=O)NC(CCC(=O)O)C(=O)O. The van der Waals surface area contributed by atoms with Crippen LogP contribution in [0.15, 0.2) is 24.3 Å². The van der Waals surface area contributed by atoms with E-state index >= 15 is 0 Å². The summed E-state index contributed by atoms with van der Waals surface area (Å²) in [7, 11) is 0. The second-order valence-corrected chi connectivity index (χ2v) is 9.98. The normalized spacial score (nSPS) is 13.9. The smallest absolute Gasteiger partial charge is 0.326 e. The quantitative estimate of drug-likeness (QED) is 0.0993. The van der Waals surface area contributed by atoms with E-state index in [9.17, 15) is 34.2 Å². The Morgan fingerprint density at radius 1 is 0.846 bits per heavy atom. The standard InChI is InChI=1S/C25H39N5O8S/c1-39-13-11-17(27)22(34)28-18(4-2-3-12-26)23(35)30-20(14-15-5-7-16(31)8-6-15)24(36)29-19(25(37)38)9-10-21(32)33/h5-8,17-20,31H,2-4,9-14,26-27H2,1H3,(H,28,34)(H,29,36)(H,30,35)(H,32,33)(H,37,38). The van der Waals surface area contributed by atoms with Gasteiger partial charge in [-0.2, -0.15) is 11.8 Å². The number of phenols is 1. The summed E-state index contributed by atoms with van der Waals surface area (Å²) in [5, 5.41) is 35.4. The van der Waals surface area contributed by atoms with Crippen molar-refractivity contribution in [3.05, 3.63) is 29.8 Å². The maximum Gasteiger partial charge on any atom is 0.326 e. The topological polar surface area (TPSA) is 234 Å². The van der Waals surface area contributed by atoms with Gasteiger partial charge in [-0.1, -0.05) is 12.1 Å². The number of hydrogen-bond acceptors (Lipinski definition) is 9. The molecule has 0 saturated heterocycles. The third kappa shape index (κ3) is 13.3. The number of benzene rings is 1. The van der Waals surface area contributed by atoms with Crippen molar-refractivity contribution in [2.75, 3.05) is 18.6 Å². The molecular weight excluding hydrogens is 530 g/mol. The summed E-state index contributed by atoms with van der Waals surface area (Å²) in [6, 6.07) is 1.23. The van der Waals surface area contributed by atoms with Gasteiger partial charge in [0.15, 0.2) is 0 Å². The lowest BCUT2D eigenvalue weighted by Crippen LogP contribution is -2.57. The Kier molecular flexibility index (Phi) is 15.6. The third-order valence-electron chi connectivity index (χ3n) is 5.82. The van der Waals surface area contributed by atoms with Gasteiger partial charge >= 0.3 is 11.9 Å². The Balaban J connectivity index is 3.14. The molecule has 13 nitrogen and oxygen atoms in total. The molecule has 14 heteroatoms. The average Bonchev–Trinajstić information content (AvgIpc) is 2.89. The van der Waals surface area contributed by atoms with E-state index in [1.165, 1.54) is 36.0 Å². The Morgan fingerprint density at radius 2 is 1.44 bits per heavy atom. The van der Waals surface area contributed by atoms with Gasteiger partial charge in [0.2, 0.25) is 17.7 Å². The van der Waals surface area contributed by atoms with Crippen molar-refractivity contribution in [3.8, 4) is 5.75 Å². The van der Waals surface area contributed by atoms with E-state index in [-0.39, 0.29) is 25.0 Å². The molecule has 1 aromatic carbocycles. The average molecular weight is 570 g/mol. The minimum absolute atomic E-state index is 0.0103. The molecule has 4 atom stereocenters. The maximum absolute atomic E-state index is 13.3. The van der Waals surface area contributed by atoms with Crippen LogP contribution >= 0.6 is 11.8 Å². The molecule has 0 aliphatic carbocycles. The van der Waals surface area contributed by atoms with Gasteiger partial charge in [0.1, 0.15) is 23.9 Å². The van der Waals surface area contributed by atoms with Crippen LogP contribution in [0, 0.1) is 0 Å². The summed E-state index contributed by atoms with van der Waals surface area (Å²) in [4.78, 5) is 61.5. The molecule has 4 unspecified atom stereocenters. The van der Waals surface area contributed by atoms with Crippen molar-refractivity contribution < 1.29 is 39.3 Å². The number of nitrogens with two attached hydrogens (primary N) is 2. The van der Waals surface area contributed by atoms with Crippen molar-refractivity contribution in [2.45, 2.75) is 69.1 Å². The molecule has 0 bridgehead atoms. The first kappa shape index (κ1) is 33.7. The fourth-order valence-electron chi connectivity index (χ4n) is 3.56. The molecule has 3 amide bonds. The van der Waals surface area contributed by atoms with E-state index in [2.05, 4.69) is 16.0 Å². The number of phenolic OH excluding ortho intramolecular Hbond substituents is 1. The predicted molar refractivity (Wildman–Crippen MR) is 146 cm³/mol. The second kappa shape index (κ2) is 18.0. The zero-order valence-electron chi connectivity index (χ0n) is 21.9. The molecule has 0 aromatic heterocycles. The number of amides is 3. The van der Waals surface area contributed by atoms with E-state index < -0.39 is 60.2 Å². The van der Waals surface area contributed by atoms with Crippen LogP contribution in [0.2, 0.25) is 0 Å². The van der Waals surface area contributed by atoms with Gasteiger partial charge in [-0.3, -0.25) is 19.2 Å². The molecule has 1 rings (SSSR count). The summed E-state index contributed by atoms with van der Waals surface area (Å²) in [5.41, 5.74) is 12.1. The molecule has 0 fully saturated rings. The monoisotopic (exact) mass is 569 g/mol. The number of carbonyl (C=O) groups is 5. The number of thioether (sulfide) groups is 1. The number of aliphatic carboxylic acids is 2. The molecule has 1 aromatic rings. The number of hydrogen-bond donors (Lipinski definition) is 8. The summed E-state index contributed by atoms with van der Waals surface area (Å²) in [6.45, 7) is 0.383. The van der Waals surface area contributed by atoms with E-state index in [4.69, 9.17) is 16.6 Å². The number of rotatable bonds is 19.